The number of nitrogens with two attached hydrogens (primary N) is 1. The molecule has 1 rings (SSSR count). The van der Waals surface area contributed by atoms with Crippen LogP contribution in [0.3, 0.4) is 0 Å². The van der Waals surface area contributed by atoms with E-state index in [4.69, 9.17) is 10.6 Å². The molecule has 1 aliphatic rings. The second kappa shape index (κ2) is 5.32. The Bertz CT molecular complexity index is 197. The molecule has 0 aromatic heterocycles. The lowest BCUT2D eigenvalue weighted by molar-refractivity contribution is -0.138. The molecule has 3 atom stereocenters. The van der Waals surface area contributed by atoms with Gasteiger partial charge in [0, 0.05) is 0 Å². The van der Waals surface area contributed by atoms with Crippen LogP contribution in [0.4, 0.5) is 0 Å². The van der Waals surface area contributed by atoms with E-state index >= 15 is 0 Å². The summed E-state index contributed by atoms with van der Waals surface area (Å²) >= 11 is 0. The van der Waals surface area contributed by atoms with Crippen molar-refractivity contribution in [1.82, 2.24) is 5.43 Å². The van der Waals surface area contributed by atoms with E-state index in [-0.39, 0.29) is 12.0 Å². The lowest BCUT2D eigenvalue weighted by atomic mass is 9.88. The number of amides is 1. The Balaban J connectivity index is 2.38. The topological polar surface area (TPSA) is 64.3 Å². The first kappa shape index (κ1) is 11.5. The van der Waals surface area contributed by atoms with Gasteiger partial charge in [0.2, 0.25) is 0 Å². The highest BCUT2D eigenvalue weighted by Crippen LogP contribution is 2.27. The van der Waals surface area contributed by atoms with E-state index in [9.17, 15) is 4.79 Å². The summed E-state index contributed by atoms with van der Waals surface area (Å²) in [5.74, 6) is 5.34. The fraction of sp³-hybridized carbons (Fsp3) is 0.900. The van der Waals surface area contributed by atoms with E-state index < -0.39 is 6.10 Å². The molecular weight excluding hydrogens is 180 g/mol. The van der Waals surface area contributed by atoms with Crippen molar-refractivity contribution in [2.45, 2.75) is 51.7 Å². The highest BCUT2D eigenvalue weighted by Gasteiger charge is 2.25. The molecule has 0 radical (unpaired) electrons. The fourth-order valence-corrected chi connectivity index (χ4v) is 1.93. The Morgan fingerprint density at radius 3 is 2.71 bits per heavy atom. The van der Waals surface area contributed by atoms with Crippen LogP contribution in [0.5, 0.6) is 0 Å². The van der Waals surface area contributed by atoms with Crippen LogP contribution in [0.1, 0.15) is 39.5 Å². The third-order valence-corrected chi connectivity index (χ3v) is 2.92. The largest absolute Gasteiger partial charge is 0.365 e. The van der Waals surface area contributed by atoms with Gasteiger partial charge in [0.1, 0.15) is 6.10 Å². The second-order valence-corrected chi connectivity index (χ2v) is 4.09. The summed E-state index contributed by atoms with van der Waals surface area (Å²) in [6, 6.07) is 0. The zero-order valence-electron chi connectivity index (χ0n) is 8.95. The molecule has 0 saturated heterocycles. The van der Waals surface area contributed by atoms with Crippen LogP contribution < -0.4 is 11.3 Å². The molecule has 3 N–H and O–H groups in total. The Morgan fingerprint density at radius 1 is 1.50 bits per heavy atom. The van der Waals surface area contributed by atoms with Gasteiger partial charge in [-0.25, -0.2) is 5.84 Å². The normalized spacial score (nSPS) is 29.6. The minimum absolute atomic E-state index is 0.219. The molecule has 82 valence electrons. The molecule has 4 heteroatoms. The molecule has 14 heavy (non-hydrogen) atoms. The number of hydrazine groups is 1. The van der Waals surface area contributed by atoms with E-state index in [2.05, 4.69) is 12.3 Å². The van der Waals surface area contributed by atoms with Gasteiger partial charge in [-0.15, -0.1) is 0 Å². The lowest BCUT2D eigenvalue weighted by Gasteiger charge is -2.30. The van der Waals surface area contributed by atoms with Crippen molar-refractivity contribution < 1.29 is 9.53 Å². The molecule has 1 saturated carbocycles. The van der Waals surface area contributed by atoms with Gasteiger partial charge in [-0.3, -0.25) is 10.2 Å². The predicted molar refractivity (Wildman–Crippen MR) is 54.3 cm³/mol. The van der Waals surface area contributed by atoms with E-state index in [1.54, 1.807) is 6.92 Å². The Hall–Kier alpha value is -0.610. The summed E-state index contributed by atoms with van der Waals surface area (Å²) in [5, 5.41) is 0. The van der Waals surface area contributed by atoms with Crippen LogP contribution in [-0.2, 0) is 9.53 Å². The Morgan fingerprint density at radius 2 is 2.14 bits per heavy atom. The van der Waals surface area contributed by atoms with Crippen molar-refractivity contribution in [3.8, 4) is 0 Å². The van der Waals surface area contributed by atoms with Crippen LogP contribution in [0, 0.1) is 5.92 Å². The smallest absolute Gasteiger partial charge is 0.262 e. The summed E-state index contributed by atoms with van der Waals surface area (Å²) in [5.41, 5.74) is 2.11. The van der Waals surface area contributed by atoms with Crippen LogP contribution >= 0.6 is 0 Å². The first-order valence-corrected chi connectivity index (χ1v) is 5.31. The van der Waals surface area contributed by atoms with Crippen molar-refractivity contribution in [3.63, 3.8) is 0 Å². The van der Waals surface area contributed by atoms with Crippen molar-refractivity contribution in [2.24, 2.45) is 11.8 Å². The van der Waals surface area contributed by atoms with Crippen LogP contribution in [0.25, 0.3) is 0 Å². The maximum atomic E-state index is 11.1. The van der Waals surface area contributed by atoms with Gasteiger partial charge in [0.25, 0.3) is 5.91 Å². The number of nitrogens with one attached hydrogen (secondary N) is 1. The predicted octanol–water partition coefficient (Wildman–Crippen LogP) is 0.960. The van der Waals surface area contributed by atoms with Gasteiger partial charge in [0.15, 0.2) is 0 Å². The zero-order chi connectivity index (χ0) is 10.6. The van der Waals surface area contributed by atoms with Crippen molar-refractivity contribution >= 4 is 5.91 Å². The van der Waals surface area contributed by atoms with Crippen molar-refractivity contribution in [3.05, 3.63) is 0 Å². The van der Waals surface area contributed by atoms with Gasteiger partial charge in [0.05, 0.1) is 6.10 Å². The molecule has 1 amide bonds. The Labute approximate surface area is 85.2 Å². The third kappa shape index (κ3) is 2.96. The number of rotatable bonds is 3. The molecular formula is C10H20N2O2. The number of hydrogen-bond donors (Lipinski definition) is 2. The van der Waals surface area contributed by atoms with Crippen LogP contribution in [0.2, 0.25) is 0 Å². The molecule has 3 unspecified atom stereocenters. The molecule has 0 aromatic rings. The monoisotopic (exact) mass is 200 g/mol. The number of carbonyl (C=O) groups is 1. The second-order valence-electron chi connectivity index (χ2n) is 4.09. The van der Waals surface area contributed by atoms with Crippen molar-refractivity contribution in [1.29, 1.82) is 0 Å². The number of ether oxygens (including phenoxy) is 1. The molecule has 1 aliphatic carbocycles. The SMILES string of the molecule is CC(OC1CCCCC1C)C(=O)NN. The molecule has 4 nitrogen and oxygen atoms in total. The summed E-state index contributed by atoms with van der Waals surface area (Å²) in [6.07, 6.45) is 4.51. The standard InChI is InChI=1S/C10H20N2O2/c1-7-5-3-4-6-9(7)14-8(2)10(13)12-11/h7-9H,3-6,11H2,1-2H3,(H,12,13). The average Bonchev–Trinajstić information content (AvgIpc) is 2.20. The lowest BCUT2D eigenvalue weighted by Crippen LogP contribution is -2.42. The number of carbonyl (C=O) groups excluding carboxylic acids is 1. The molecule has 0 bridgehead atoms. The van der Waals surface area contributed by atoms with Gasteiger partial charge >= 0.3 is 0 Å². The molecule has 0 aliphatic heterocycles. The van der Waals surface area contributed by atoms with Crippen LogP contribution in [0.15, 0.2) is 0 Å². The quantitative estimate of drug-likeness (QED) is 0.405. The van der Waals surface area contributed by atoms with Crippen LogP contribution in [-0.4, -0.2) is 18.1 Å². The summed E-state index contributed by atoms with van der Waals surface area (Å²) in [7, 11) is 0. The molecule has 0 heterocycles. The van der Waals surface area contributed by atoms with Gasteiger partial charge in [-0.2, -0.15) is 0 Å². The zero-order valence-corrected chi connectivity index (χ0v) is 8.95. The molecule has 0 aromatic carbocycles. The highest BCUT2D eigenvalue weighted by molar-refractivity contribution is 5.79. The van der Waals surface area contributed by atoms with E-state index in [0.29, 0.717) is 5.92 Å². The minimum Gasteiger partial charge on any atom is -0.365 e. The van der Waals surface area contributed by atoms with E-state index in [0.717, 1.165) is 6.42 Å². The fourth-order valence-electron chi connectivity index (χ4n) is 1.93. The first-order valence-electron chi connectivity index (χ1n) is 5.31. The molecule has 1 fully saturated rings. The van der Waals surface area contributed by atoms with E-state index in [1.165, 1.54) is 19.3 Å². The first-order chi connectivity index (χ1) is 6.65. The summed E-state index contributed by atoms with van der Waals surface area (Å²) < 4.78 is 5.66. The summed E-state index contributed by atoms with van der Waals surface area (Å²) in [4.78, 5) is 11.1. The van der Waals surface area contributed by atoms with Gasteiger partial charge in [-0.1, -0.05) is 19.8 Å². The maximum absolute atomic E-state index is 11.1. The van der Waals surface area contributed by atoms with E-state index in [1.807, 2.05) is 0 Å². The maximum Gasteiger partial charge on any atom is 0.262 e. The Kier molecular flexibility index (Phi) is 4.35. The van der Waals surface area contributed by atoms with Gasteiger partial charge < -0.3 is 4.74 Å². The third-order valence-electron chi connectivity index (χ3n) is 2.92. The minimum atomic E-state index is -0.439. The average molecular weight is 200 g/mol. The highest BCUT2D eigenvalue weighted by atomic mass is 16.5. The number of hydrogen-bond acceptors (Lipinski definition) is 3. The van der Waals surface area contributed by atoms with Gasteiger partial charge in [-0.05, 0) is 25.7 Å². The summed E-state index contributed by atoms with van der Waals surface area (Å²) in [6.45, 7) is 3.92. The van der Waals surface area contributed by atoms with Crippen molar-refractivity contribution in [2.75, 3.05) is 0 Å². The molecule has 0 spiro atoms.